The number of rotatable bonds is 7. The molecule has 4 nitrogen and oxygen atoms in total. The molecule has 1 aromatic carbocycles. The van der Waals surface area contributed by atoms with E-state index in [4.69, 9.17) is 4.42 Å². The fraction of sp³-hybridized carbons (Fsp3) is 0.467. The molecule has 2 rings (SSSR count). The molecule has 0 fully saturated rings. The van der Waals surface area contributed by atoms with E-state index in [1.54, 1.807) is 12.1 Å². The molecule has 0 saturated carbocycles. The molecule has 0 N–H and O–H groups in total. The van der Waals surface area contributed by atoms with Crippen LogP contribution in [0.2, 0.25) is 0 Å². The molecule has 0 radical (unpaired) electrons. The van der Waals surface area contributed by atoms with Gasteiger partial charge >= 0.3 is 0 Å². The number of hydrogen-bond donors (Lipinski definition) is 0. The first-order valence-corrected chi connectivity index (χ1v) is 8.12. The molecule has 1 atom stereocenters. The molecule has 6 heteroatoms. The zero-order valence-electron chi connectivity index (χ0n) is 12.5. The lowest BCUT2D eigenvalue weighted by molar-refractivity contribution is 0.243. The molecular weight excluding hydrogens is 289 g/mol. The van der Waals surface area contributed by atoms with E-state index < -0.39 is 0 Å². The lowest BCUT2D eigenvalue weighted by atomic mass is 10.2. The Kier molecular flexibility index (Phi) is 5.76. The van der Waals surface area contributed by atoms with Crippen LogP contribution in [-0.4, -0.2) is 39.7 Å². The van der Waals surface area contributed by atoms with Crippen molar-refractivity contribution in [2.75, 3.05) is 18.6 Å². The summed E-state index contributed by atoms with van der Waals surface area (Å²) in [6, 6.07) is 6.48. The summed E-state index contributed by atoms with van der Waals surface area (Å²) in [5.41, 5.74) is 0.729. The number of nitrogens with zero attached hydrogens (tertiary/aromatic N) is 3. The number of thioether (sulfide) groups is 1. The maximum Gasteiger partial charge on any atom is 0.247 e. The van der Waals surface area contributed by atoms with Crippen LogP contribution in [0.5, 0.6) is 0 Å². The van der Waals surface area contributed by atoms with Gasteiger partial charge in [-0.05, 0) is 44.0 Å². The zero-order chi connectivity index (χ0) is 15.2. The Morgan fingerprint density at radius 2 is 2.00 bits per heavy atom. The van der Waals surface area contributed by atoms with Crippen molar-refractivity contribution >= 4 is 11.8 Å². The molecule has 1 aromatic heterocycles. The minimum absolute atomic E-state index is 0.277. The lowest BCUT2D eigenvalue weighted by Crippen LogP contribution is -2.30. The number of benzene rings is 1. The highest BCUT2D eigenvalue weighted by atomic mass is 32.2. The van der Waals surface area contributed by atoms with Crippen LogP contribution in [-0.2, 0) is 6.54 Å². The summed E-state index contributed by atoms with van der Waals surface area (Å²) in [7, 11) is 2.04. The normalized spacial score (nSPS) is 12.8. The smallest absolute Gasteiger partial charge is 0.247 e. The fourth-order valence-corrected chi connectivity index (χ4v) is 2.64. The molecule has 0 aliphatic carbocycles. The van der Waals surface area contributed by atoms with Crippen molar-refractivity contribution in [1.29, 1.82) is 0 Å². The first kappa shape index (κ1) is 16.0. The van der Waals surface area contributed by atoms with Crippen molar-refractivity contribution in [3.8, 4) is 11.5 Å². The molecule has 21 heavy (non-hydrogen) atoms. The van der Waals surface area contributed by atoms with Crippen molar-refractivity contribution in [2.45, 2.75) is 26.4 Å². The molecule has 0 bridgehead atoms. The number of aromatic nitrogens is 2. The molecule has 0 aliphatic heterocycles. The second-order valence-electron chi connectivity index (χ2n) is 4.93. The second-order valence-corrected chi connectivity index (χ2v) is 6.25. The molecule has 0 amide bonds. The van der Waals surface area contributed by atoms with Crippen LogP contribution in [0, 0.1) is 5.82 Å². The second kappa shape index (κ2) is 7.56. The zero-order valence-corrected chi connectivity index (χ0v) is 13.4. The van der Waals surface area contributed by atoms with Gasteiger partial charge in [0.2, 0.25) is 11.8 Å². The first-order chi connectivity index (χ1) is 10.1. The molecule has 0 saturated heterocycles. The highest BCUT2D eigenvalue weighted by Crippen LogP contribution is 2.19. The third-order valence-corrected chi connectivity index (χ3v) is 4.38. The summed E-state index contributed by atoms with van der Waals surface area (Å²) in [6.07, 6.45) is 0. The minimum Gasteiger partial charge on any atom is -0.419 e. The lowest BCUT2D eigenvalue weighted by Gasteiger charge is -2.22. The Bertz CT molecular complexity index is 558. The topological polar surface area (TPSA) is 42.2 Å². The highest BCUT2D eigenvalue weighted by molar-refractivity contribution is 7.99. The summed E-state index contributed by atoms with van der Waals surface area (Å²) in [5, 5.41) is 8.08. The van der Waals surface area contributed by atoms with Gasteiger partial charge in [-0.25, -0.2) is 4.39 Å². The molecule has 0 spiro atoms. The van der Waals surface area contributed by atoms with Gasteiger partial charge in [0.1, 0.15) is 5.82 Å². The van der Waals surface area contributed by atoms with Crippen LogP contribution < -0.4 is 0 Å². The van der Waals surface area contributed by atoms with Crippen molar-refractivity contribution in [3.05, 3.63) is 36.0 Å². The largest absolute Gasteiger partial charge is 0.419 e. The maximum atomic E-state index is 12.9. The average molecular weight is 309 g/mol. The summed E-state index contributed by atoms with van der Waals surface area (Å²) in [5.74, 6) is 2.92. The van der Waals surface area contributed by atoms with Crippen LogP contribution in [0.4, 0.5) is 4.39 Å². The highest BCUT2D eigenvalue weighted by Gasteiger charge is 2.14. The van der Waals surface area contributed by atoms with E-state index in [1.807, 2.05) is 18.8 Å². The van der Waals surface area contributed by atoms with E-state index in [-0.39, 0.29) is 5.82 Å². The molecule has 0 unspecified atom stereocenters. The van der Waals surface area contributed by atoms with Crippen molar-refractivity contribution in [3.63, 3.8) is 0 Å². The number of halogens is 1. The van der Waals surface area contributed by atoms with Gasteiger partial charge in [0, 0.05) is 17.4 Å². The van der Waals surface area contributed by atoms with E-state index >= 15 is 0 Å². The van der Waals surface area contributed by atoms with E-state index in [2.05, 4.69) is 28.9 Å². The summed E-state index contributed by atoms with van der Waals surface area (Å²) in [6.45, 7) is 4.95. The Morgan fingerprint density at radius 3 is 2.67 bits per heavy atom. The van der Waals surface area contributed by atoms with E-state index in [0.29, 0.717) is 24.4 Å². The third kappa shape index (κ3) is 4.54. The molecule has 2 aromatic rings. The predicted molar refractivity (Wildman–Crippen MR) is 83.6 cm³/mol. The third-order valence-electron chi connectivity index (χ3n) is 3.26. The maximum absolute atomic E-state index is 12.9. The monoisotopic (exact) mass is 309 g/mol. The van der Waals surface area contributed by atoms with Crippen LogP contribution >= 0.6 is 11.8 Å². The van der Waals surface area contributed by atoms with Crippen LogP contribution in [0.15, 0.2) is 28.7 Å². The standard InChI is InChI=1S/C15H20FN3OS/c1-4-21-10-11(2)19(3)9-14-17-18-15(20-14)12-5-7-13(16)8-6-12/h5-8,11H,4,9-10H2,1-3H3/t11-/m0/s1. The number of hydrogen-bond acceptors (Lipinski definition) is 5. The quantitative estimate of drug-likeness (QED) is 0.783. The first-order valence-electron chi connectivity index (χ1n) is 6.96. The van der Waals surface area contributed by atoms with E-state index in [9.17, 15) is 4.39 Å². The predicted octanol–water partition coefficient (Wildman–Crippen LogP) is 3.45. The molecular formula is C15H20FN3OS. The van der Waals surface area contributed by atoms with Crippen molar-refractivity contribution < 1.29 is 8.81 Å². The Hall–Kier alpha value is -1.40. The van der Waals surface area contributed by atoms with Gasteiger partial charge in [-0.15, -0.1) is 10.2 Å². The van der Waals surface area contributed by atoms with Crippen LogP contribution in [0.3, 0.4) is 0 Å². The Balaban J connectivity index is 1.98. The van der Waals surface area contributed by atoms with Crippen LogP contribution in [0.1, 0.15) is 19.7 Å². The van der Waals surface area contributed by atoms with Gasteiger partial charge in [0.15, 0.2) is 0 Å². The summed E-state index contributed by atoms with van der Waals surface area (Å²) in [4.78, 5) is 2.19. The molecule has 114 valence electrons. The van der Waals surface area contributed by atoms with Crippen LogP contribution in [0.25, 0.3) is 11.5 Å². The van der Waals surface area contributed by atoms with Gasteiger partial charge in [0.25, 0.3) is 0 Å². The summed E-state index contributed by atoms with van der Waals surface area (Å²) < 4.78 is 18.5. The van der Waals surface area contributed by atoms with Crippen molar-refractivity contribution in [2.24, 2.45) is 0 Å². The average Bonchev–Trinajstić information content (AvgIpc) is 2.93. The van der Waals surface area contributed by atoms with E-state index in [0.717, 1.165) is 17.1 Å². The van der Waals surface area contributed by atoms with Crippen molar-refractivity contribution in [1.82, 2.24) is 15.1 Å². The Labute approximate surface area is 128 Å². The summed E-state index contributed by atoms with van der Waals surface area (Å²) >= 11 is 1.91. The molecule has 0 aliphatic rings. The van der Waals surface area contributed by atoms with Gasteiger partial charge in [-0.1, -0.05) is 6.92 Å². The van der Waals surface area contributed by atoms with Gasteiger partial charge in [0.05, 0.1) is 6.54 Å². The minimum atomic E-state index is -0.277. The molecule has 1 heterocycles. The van der Waals surface area contributed by atoms with Gasteiger partial charge in [-0.2, -0.15) is 11.8 Å². The Morgan fingerprint density at radius 1 is 1.29 bits per heavy atom. The van der Waals surface area contributed by atoms with Gasteiger partial charge < -0.3 is 4.42 Å². The van der Waals surface area contributed by atoms with E-state index in [1.165, 1.54) is 12.1 Å². The van der Waals surface area contributed by atoms with Gasteiger partial charge in [-0.3, -0.25) is 4.90 Å². The SMILES string of the molecule is CCSC[C@H](C)N(C)Cc1nnc(-c2ccc(F)cc2)o1. The fourth-order valence-electron chi connectivity index (χ4n) is 1.81.